The third-order valence-electron chi connectivity index (χ3n) is 8.30. The molecule has 14 heteroatoms. The number of para-hydroxylation sites is 1. The summed E-state index contributed by atoms with van der Waals surface area (Å²) in [5.41, 5.74) is 5.11. The lowest BCUT2D eigenvalue weighted by Gasteiger charge is -2.26. The van der Waals surface area contributed by atoms with Crippen molar-refractivity contribution in [2.75, 3.05) is 38.7 Å². The van der Waals surface area contributed by atoms with E-state index in [1.165, 1.54) is 11.2 Å². The lowest BCUT2D eigenvalue weighted by atomic mass is 9.89. The number of hydrogen-bond acceptors (Lipinski definition) is 9. The highest BCUT2D eigenvalue weighted by molar-refractivity contribution is 7.88. The average Bonchev–Trinajstić information content (AvgIpc) is 3.40. The smallest absolute Gasteiger partial charge is 0.342 e. The van der Waals surface area contributed by atoms with Gasteiger partial charge >= 0.3 is 19.5 Å². The van der Waals surface area contributed by atoms with Crippen LogP contribution in [0.2, 0.25) is 25.7 Å². The molecule has 0 amide bonds. The van der Waals surface area contributed by atoms with Gasteiger partial charge in [-0.2, -0.15) is 4.31 Å². The van der Waals surface area contributed by atoms with Crippen molar-refractivity contribution in [3.63, 3.8) is 0 Å². The van der Waals surface area contributed by atoms with Crippen LogP contribution < -0.4 is 14.3 Å². The van der Waals surface area contributed by atoms with E-state index in [-0.39, 0.29) is 38.4 Å². The summed E-state index contributed by atoms with van der Waals surface area (Å²) in [5, 5.41) is 2.78. The van der Waals surface area contributed by atoms with Crippen LogP contribution in [0, 0.1) is 6.92 Å². The van der Waals surface area contributed by atoms with Crippen LogP contribution in [0.4, 0.5) is 0 Å². The van der Waals surface area contributed by atoms with Crippen LogP contribution in [-0.2, 0) is 48.3 Å². The van der Waals surface area contributed by atoms with Gasteiger partial charge in [-0.05, 0) is 69.8 Å². The number of hydrogen-bond donors (Lipinski definition) is 1. The van der Waals surface area contributed by atoms with E-state index in [1.54, 1.807) is 37.3 Å². The first-order valence-corrected chi connectivity index (χ1v) is 24.1. The van der Waals surface area contributed by atoms with Gasteiger partial charge in [-0.1, -0.05) is 56.4 Å². The van der Waals surface area contributed by atoms with Crippen LogP contribution in [0.3, 0.4) is 0 Å². The van der Waals surface area contributed by atoms with E-state index in [4.69, 9.17) is 18.7 Å². The van der Waals surface area contributed by atoms with Crippen molar-refractivity contribution < 1.29 is 41.3 Å². The number of rotatable bonds is 19. The number of carbonyl (C=O) groups excluding carboxylic acids is 2. The van der Waals surface area contributed by atoms with E-state index in [9.17, 15) is 22.6 Å². The number of esters is 2. The van der Waals surface area contributed by atoms with Crippen molar-refractivity contribution in [3.05, 3.63) is 69.8 Å². The first-order valence-electron chi connectivity index (χ1n) is 16.7. The second-order valence-corrected chi connectivity index (χ2v) is 23.4. The van der Waals surface area contributed by atoms with Gasteiger partial charge < -0.3 is 18.7 Å². The summed E-state index contributed by atoms with van der Waals surface area (Å²) in [7, 11) is -8.96. The van der Waals surface area contributed by atoms with Crippen LogP contribution in [-0.4, -0.2) is 77.5 Å². The highest BCUT2D eigenvalue weighted by Gasteiger charge is 2.34. The Morgan fingerprint density at radius 3 is 2.43 bits per heavy atom. The molecule has 0 saturated heterocycles. The Bertz CT molecular complexity index is 1670. The minimum atomic E-state index is -3.80. The molecule has 0 aromatic heterocycles. The van der Waals surface area contributed by atoms with Gasteiger partial charge in [-0.3, -0.25) is 9.36 Å². The molecule has 0 saturated carbocycles. The highest BCUT2D eigenvalue weighted by atomic mass is 32.2. The topological polar surface area (TPSA) is 138 Å². The molecule has 1 N–H and O–H groups in total. The standard InChI is InChI=1S/C35H53N2O9PSSi/c1-10-29-26(4)31-24-45-35(39)32(31)33(44-20-22-49(7,8)9)30(29)18-17-25(3)23-37(48(6,41)42)19-21-47(40,36-27(5)34(38)43-11-2)46-28-15-13-12-14-16-28/h12-17,27H,10-11,18-24H2,1-9H3,(H,36,40)/t27-,47?/m0/s1. The molecule has 2 aromatic rings. The van der Waals surface area contributed by atoms with E-state index in [0.717, 1.165) is 46.5 Å². The predicted molar refractivity (Wildman–Crippen MR) is 196 cm³/mol. The van der Waals surface area contributed by atoms with Crippen molar-refractivity contribution in [1.29, 1.82) is 0 Å². The van der Waals surface area contributed by atoms with Crippen molar-refractivity contribution >= 4 is 37.6 Å². The maximum absolute atomic E-state index is 14.1. The number of sulfonamides is 1. The van der Waals surface area contributed by atoms with Gasteiger partial charge in [0.25, 0.3) is 0 Å². The first-order chi connectivity index (χ1) is 22.9. The van der Waals surface area contributed by atoms with Crippen molar-refractivity contribution in [2.45, 2.75) is 85.8 Å². The second-order valence-electron chi connectivity index (χ2n) is 13.6. The molecule has 272 valence electrons. The molecule has 0 fully saturated rings. The van der Waals surface area contributed by atoms with E-state index in [0.29, 0.717) is 30.1 Å². The van der Waals surface area contributed by atoms with Crippen LogP contribution in [0.25, 0.3) is 0 Å². The summed E-state index contributed by atoms with van der Waals surface area (Å²) >= 11 is 0. The average molecular weight is 737 g/mol. The van der Waals surface area contributed by atoms with Crippen LogP contribution >= 0.6 is 7.52 Å². The fourth-order valence-electron chi connectivity index (χ4n) is 5.57. The Balaban J connectivity index is 1.89. The van der Waals surface area contributed by atoms with E-state index in [2.05, 4.69) is 31.7 Å². The predicted octanol–water partition coefficient (Wildman–Crippen LogP) is 6.51. The number of benzene rings is 2. The molecule has 2 aromatic carbocycles. The van der Waals surface area contributed by atoms with Crippen molar-refractivity contribution in [1.82, 2.24) is 9.39 Å². The summed E-state index contributed by atoms with van der Waals surface area (Å²) in [4.78, 5) is 25.3. The second kappa shape index (κ2) is 17.3. The van der Waals surface area contributed by atoms with Crippen LogP contribution in [0.15, 0.2) is 42.0 Å². The molecule has 1 aliphatic heterocycles. The Morgan fingerprint density at radius 2 is 1.84 bits per heavy atom. The minimum absolute atomic E-state index is 0.0385. The third-order valence-corrected chi connectivity index (χ3v) is 13.3. The molecule has 2 atom stereocenters. The lowest BCUT2D eigenvalue weighted by molar-refractivity contribution is -0.144. The maximum atomic E-state index is 14.1. The van der Waals surface area contributed by atoms with Crippen LogP contribution in [0.5, 0.6) is 11.5 Å². The van der Waals surface area contributed by atoms with E-state index >= 15 is 0 Å². The van der Waals surface area contributed by atoms with Gasteiger partial charge in [0.15, 0.2) is 0 Å². The largest absolute Gasteiger partial charge is 0.493 e. The number of ether oxygens (including phenoxy) is 3. The molecule has 0 bridgehead atoms. The zero-order chi connectivity index (χ0) is 36.6. The highest BCUT2D eigenvalue weighted by Crippen LogP contribution is 2.44. The summed E-state index contributed by atoms with van der Waals surface area (Å²) in [5.74, 6) is -0.104. The fourth-order valence-corrected chi connectivity index (χ4v) is 9.21. The van der Waals surface area contributed by atoms with Gasteiger partial charge in [0.2, 0.25) is 10.0 Å². The minimum Gasteiger partial charge on any atom is -0.493 e. The van der Waals surface area contributed by atoms with Gasteiger partial charge in [0.1, 0.15) is 29.7 Å². The quantitative estimate of drug-likeness (QED) is 0.0736. The SMILES string of the molecule is CCOC(=O)[C@H](C)NP(=O)(CCN(CC(C)=CCc1c(CC)c(C)c2c(c1OCC[Si](C)(C)C)C(=O)OC2)S(C)(=O)=O)Oc1ccccc1. The number of nitrogens with zero attached hydrogens (tertiary/aromatic N) is 1. The van der Waals surface area contributed by atoms with Crippen molar-refractivity contribution in [2.24, 2.45) is 0 Å². The Labute approximate surface area is 293 Å². The molecule has 3 rings (SSSR count). The molecule has 49 heavy (non-hydrogen) atoms. The summed E-state index contributed by atoms with van der Waals surface area (Å²) in [6.45, 7) is 16.7. The fraction of sp³-hybridized carbons (Fsp3) is 0.543. The summed E-state index contributed by atoms with van der Waals surface area (Å²) in [6, 6.07) is 8.49. The lowest BCUT2D eigenvalue weighted by Crippen LogP contribution is -2.39. The Morgan fingerprint density at radius 1 is 1.16 bits per heavy atom. The van der Waals surface area contributed by atoms with Gasteiger partial charge in [0.05, 0.1) is 25.6 Å². The molecule has 1 unspecified atom stereocenters. The molecule has 0 spiro atoms. The zero-order valence-electron chi connectivity index (χ0n) is 30.4. The molecule has 0 radical (unpaired) electrons. The molecule has 1 heterocycles. The number of nitrogens with one attached hydrogen (secondary N) is 1. The zero-order valence-corrected chi connectivity index (χ0v) is 33.1. The molecular weight excluding hydrogens is 684 g/mol. The van der Waals surface area contributed by atoms with E-state index in [1.807, 2.05) is 19.9 Å². The monoisotopic (exact) mass is 736 g/mol. The Kier molecular flexibility index (Phi) is 14.3. The number of allylic oxidation sites excluding steroid dienone is 1. The third kappa shape index (κ3) is 11.5. The van der Waals surface area contributed by atoms with Gasteiger partial charge in [-0.25, -0.2) is 18.3 Å². The number of carbonyl (C=O) groups is 2. The first kappa shape index (κ1) is 40.5. The Hall–Kier alpha value is -2.96. The van der Waals surface area contributed by atoms with E-state index < -0.39 is 37.6 Å². The molecular formula is C35H53N2O9PSSi. The summed E-state index contributed by atoms with van der Waals surface area (Å²) < 4.78 is 64.1. The van der Waals surface area contributed by atoms with Gasteiger partial charge in [0, 0.05) is 32.3 Å². The van der Waals surface area contributed by atoms with Crippen molar-refractivity contribution in [3.8, 4) is 11.5 Å². The summed E-state index contributed by atoms with van der Waals surface area (Å²) in [6.07, 6.45) is 4.00. The number of fused-ring (bicyclic) bond motifs is 1. The van der Waals surface area contributed by atoms with Crippen LogP contribution in [0.1, 0.15) is 60.3 Å². The molecule has 0 aliphatic carbocycles. The molecule has 1 aliphatic rings. The number of cyclic esters (lactones) is 1. The van der Waals surface area contributed by atoms with Gasteiger partial charge in [-0.15, -0.1) is 0 Å². The maximum Gasteiger partial charge on any atom is 0.342 e. The normalized spacial score (nSPS) is 15.4. The molecule has 11 nitrogen and oxygen atoms in total.